The fraction of sp³-hybridized carbons (Fsp3) is 0.647. The number of aryl methyl sites for hydroxylation is 1. The third-order valence-corrected chi connectivity index (χ3v) is 11.3. The minimum Gasteiger partial charge on any atom is -0.467 e. The molecule has 2 aromatic heterocycles. The third kappa shape index (κ3) is 6.73. The van der Waals surface area contributed by atoms with Crippen LogP contribution in [0.5, 0.6) is 6.01 Å². The van der Waals surface area contributed by atoms with Gasteiger partial charge in [-0.1, -0.05) is 24.8 Å². The first-order chi connectivity index (χ1) is 23.9. The van der Waals surface area contributed by atoms with Gasteiger partial charge in [-0.05, 0) is 57.2 Å². The molecule has 1 amide bonds. The van der Waals surface area contributed by atoms with E-state index < -0.39 is 24.0 Å². The highest BCUT2D eigenvalue weighted by atomic mass is 35.5. The molecule has 6 aliphatic rings. The highest BCUT2D eigenvalue weighted by Gasteiger charge is 2.48. The lowest BCUT2D eigenvalue weighted by Crippen LogP contribution is -2.68. The number of anilines is 1. The zero-order valence-electron chi connectivity index (χ0n) is 28.2. The Labute approximate surface area is 293 Å². The first-order valence-corrected chi connectivity index (χ1v) is 17.7. The number of ether oxygens (including phenoxy) is 2. The molecule has 0 aromatic carbocycles. The van der Waals surface area contributed by atoms with E-state index in [2.05, 4.69) is 38.4 Å². The molecule has 1 spiro atoms. The van der Waals surface area contributed by atoms with Gasteiger partial charge in [0, 0.05) is 50.7 Å². The molecule has 0 radical (unpaired) electrons. The second kappa shape index (κ2) is 13.7. The lowest BCUT2D eigenvalue weighted by atomic mass is 9.88. The molecule has 16 heteroatoms. The molecule has 272 valence electrons. The zero-order chi connectivity index (χ0) is 35.4. The fourth-order valence-corrected chi connectivity index (χ4v) is 8.40. The number of carbonyl (C=O) groups excluding carboxylic acids is 1. The molecule has 3 atom stereocenters. The number of aromatic nitrogens is 4. The van der Waals surface area contributed by atoms with Crippen LogP contribution in [0.1, 0.15) is 66.0 Å². The van der Waals surface area contributed by atoms with E-state index in [1.54, 1.807) is 9.58 Å². The molecule has 1 N–H and O–H groups in total. The molecule has 3 unspecified atom stereocenters. The number of hydrogen-bond donors (Lipinski definition) is 1. The molecule has 8 heterocycles. The van der Waals surface area contributed by atoms with E-state index in [1.165, 1.54) is 20.0 Å². The molecule has 6 aliphatic heterocycles. The summed E-state index contributed by atoms with van der Waals surface area (Å²) < 4.78 is 65.3. The van der Waals surface area contributed by atoms with Gasteiger partial charge < -0.3 is 24.6 Å². The average Bonchev–Trinajstić information content (AvgIpc) is 3.84. The van der Waals surface area contributed by atoms with Gasteiger partial charge in [0.1, 0.15) is 12.0 Å². The number of carbonyl (C=O) groups is 1. The van der Waals surface area contributed by atoms with E-state index in [1.807, 2.05) is 4.90 Å². The minimum absolute atomic E-state index is 0.0124. The molecule has 11 nitrogen and oxygen atoms in total. The maximum Gasteiger partial charge on any atom is 0.416 e. The van der Waals surface area contributed by atoms with Crippen molar-refractivity contribution in [2.45, 2.75) is 94.7 Å². The number of fused-ring (bicyclic) bond motifs is 3. The van der Waals surface area contributed by atoms with Crippen molar-refractivity contribution in [1.82, 2.24) is 34.9 Å². The summed E-state index contributed by atoms with van der Waals surface area (Å²) in [5.41, 5.74) is 0.872. The predicted molar refractivity (Wildman–Crippen MR) is 178 cm³/mol. The van der Waals surface area contributed by atoms with Gasteiger partial charge in [-0.25, -0.2) is 4.39 Å². The van der Waals surface area contributed by atoms with E-state index in [0.29, 0.717) is 79.5 Å². The van der Waals surface area contributed by atoms with Crippen LogP contribution >= 0.6 is 11.6 Å². The maximum absolute atomic E-state index is 13.3. The largest absolute Gasteiger partial charge is 0.467 e. The average molecular weight is 723 g/mol. The molecule has 0 saturated carbocycles. The van der Waals surface area contributed by atoms with Crippen molar-refractivity contribution in [3.05, 3.63) is 52.0 Å². The van der Waals surface area contributed by atoms with Crippen LogP contribution in [0, 0.1) is 0 Å². The number of halogens is 5. The topological polar surface area (TPSA) is 101 Å². The van der Waals surface area contributed by atoms with Crippen molar-refractivity contribution in [3.8, 4) is 6.01 Å². The molecule has 2 aromatic rings. The monoisotopic (exact) mass is 722 g/mol. The third-order valence-electron chi connectivity index (χ3n) is 10.9. The van der Waals surface area contributed by atoms with Crippen LogP contribution in [0.3, 0.4) is 0 Å². The second-order valence-electron chi connectivity index (χ2n) is 14.2. The van der Waals surface area contributed by atoms with Gasteiger partial charge in [0.2, 0.25) is 0 Å². The predicted octanol–water partition coefficient (Wildman–Crippen LogP) is 4.63. The molecule has 4 fully saturated rings. The van der Waals surface area contributed by atoms with Crippen molar-refractivity contribution >= 4 is 23.3 Å². The Bertz CT molecular complexity index is 1640. The van der Waals surface area contributed by atoms with Crippen molar-refractivity contribution in [2.24, 2.45) is 0 Å². The summed E-state index contributed by atoms with van der Waals surface area (Å²) in [4.78, 5) is 28.4. The van der Waals surface area contributed by atoms with Crippen LogP contribution in [0.25, 0.3) is 0 Å². The molecule has 0 bridgehead atoms. The number of nitrogens with one attached hydrogen (secondary N) is 1. The number of methoxy groups -OCH3 is 1. The summed E-state index contributed by atoms with van der Waals surface area (Å²) in [6, 6.07) is 0.701. The normalized spacial score (nSPS) is 25.6. The van der Waals surface area contributed by atoms with Crippen LogP contribution in [-0.2, 0) is 30.9 Å². The van der Waals surface area contributed by atoms with Gasteiger partial charge in [-0.3, -0.25) is 14.4 Å². The van der Waals surface area contributed by atoms with Crippen molar-refractivity contribution < 1.29 is 31.8 Å². The Kier molecular flexibility index (Phi) is 9.63. The standard InChI is InChI=1S/C27H31ClF3N7O3.C7H12FN/c1-15(16(2)27(29,30)31)20-10-18-17(12-41-20)23(34-25(33-18)40-3)36-8-5-9-38-19(11-36)21(28)22(35-38)24(39)37-13-26(14-37)6-4-7-32-26;8-6-4-7-2-1-3-9(7)5-6/h20,32H,1-2,4-14H2,3H3;6-7H,1-5H2. The Morgan fingerprint density at radius 1 is 1.14 bits per heavy atom. The van der Waals surface area contributed by atoms with Crippen molar-refractivity contribution in [2.75, 3.05) is 51.3 Å². The quantitative estimate of drug-likeness (QED) is 0.350. The van der Waals surface area contributed by atoms with Crippen LogP contribution in [0.15, 0.2) is 24.3 Å². The van der Waals surface area contributed by atoms with Crippen LogP contribution in [-0.4, -0.2) is 112 Å². The van der Waals surface area contributed by atoms with Gasteiger partial charge in [-0.15, -0.1) is 0 Å². The van der Waals surface area contributed by atoms with Crippen molar-refractivity contribution in [1.29, 1.82) is 0 Å². The lowest BCUT2D eigenvalue weighted by Gasteiger charge is -2.48. The first kappa shape index (κ1) is 35.1. The molecular formula is C34H43ClF4N8O3. The molecule has 8 rings (SSSR count). The summed E-state index contributed by atoms with van der Waals surface area (Å²) in [5.74, 6) is 0.365. The van der Waals surface area contributed by atoms with Gasteiger partial charge in [-0.2, -0.15) is 28.2 Å². The Balaban J connectivity index is 0.000000375. The molecular weight excluding hydrogens is 680 g/mol. The number of hydrogen-bond acceptors (Lipinski definition) is 9. The summed E-state index contributed by atoms with van der Waals surface area (Å²) in [5, 5.41) is 8.42. The zero-order valence-corrected chi connectivity index (χ0v) is 29.0. The summed E-state index contributed by atoms with van der Waals surface area (Å²) in [6.45, 7) is 12.3. The highest BCUT2D eigenvalue weighted by molar-refractivity contribution is 6.34. The van der Waals surface area contributed by atoms with Crippen molar-refractivity contribution in [3.63, 3.8) is 0 Å². The second-order valence-corrected chi connectivity index (χ2v) is 14.5. The van der Waals surface area contributed by atoms with Gasteiger partial charge in [0.15, 0.2) is 5.69 Å². The lowest BCUT2D eigenvalue weighted by molar-refractivity contribution is -0.0917. The summed E-state index contributed by atoms with van der Waals surface area (Å²) in [7, 11) is 1.43. The van der Waals surface area contributed by atoms with Crippen LogP contribution < -0.4 is 15.0 Å². The first-order valence-electron chi connectivity index (χ1n) is 17.3. The van der Waals surface area contributed by atoms with E-state index in [9.17, 15) is 22.4 Å². The fourth-order valence-electron chi connectivity index (χ4n) is 8.13. The number of rotatable bonds is 5. The minimum atomic E-state index is -4.60. The number of nitrogens with zero attached hydrogens (tertiary/aromatic N) is 7. The number of alkyl halides is 4. The smallest absolute Gasteiger partial charge is 0.416 e. The van der Waals surface area contributed by atoms with Crippen LogP contribution in [0.2, 0.25) is 5.02 Å². The SMILES string of the molecule is C=C(C(=C)C(F)(F)F)C1Cc2nc(OC)nc(N3CCCn4nc(C(=O)N5CC6(CCCN6)C5)c(Cl)c4C3)c2CO1.FC1CC2CCCN2C1. The Morgan fingerprint density at radius 3 is 2.64 bits per heavy atom. The Morgan fingerprint density at radius 2 is 1.94 bits per heavy atom. The van der Waals surface area contributed by atoms with E-state index >= 15 is 0 Å². The van der Waals surface area contributed by atoms with E-state index in [0.717, 1.165) is 32.4 Å². The highest BCUT2D eigenvalue weighted by Crippen LogP contribution is 2.38. The van der Waals surface area contributed by atoms with E-state index in [4.69, 9.17) is 21.1 Å². The number of amides is 1. The van der Waals surface area contributed by atoms with Gasteiger partial charge in [0.25, 0.3) is 5.91 Å². The molecule has 50 heavy (non-hydrogen) atoms. The summed E-state index contributed by atoms with van der Waals surface area (Å²) in [6.07, 6.45) is 0.202. The van der Waals surface area contributed by atoms with Crippen LogP contribution in [0.4, 0.5) is 23.4 Å². The summed E-state index contributed by atoms with van der Waals surface area (Å²) >= 11 is 6.80. The molecule has 4 saturated heterocycles. The van der Waals surface area contributed by atoms with Gasteiger partial charge >= 0.3 is 12.2 Å². The Hall–Kier alpha value is -3.27. The van der Waals surface area contributed by atoms with Gasteiger partial charge in [0.05, 0.1) is 53.9 Å². The van der Waals surface area contributed by atoms with E-state index in [-0.39, 0.29) is 41.8 Å². The maximum atomic E-state index is 13.3. The number of likely N-dealkylation sites (tertiary alicyclic amines) is 1. The molecule has 0 aliphatic carbocycles.